The van der Waals surface area contributed by atoms with Crippen molar-refractivity contribution in [1.82, 2.24) is 9.78 Å². The molecule has 0 saturated heterocycles. The smallest absolute Gasteiger partial charge is 0.276 e. The summed E-state index contributed by atoms with van der Waals surface area (Å²) >= 11 is 0. The van der Waals surface area contributed by atoms with Crippen molar-refractivity contribution in [3.63, 3.8) is 0 Å². The molecule has 0 spiro atoms. The van der Waals surface area contributed by atoms with Crippen LogP contribution in [0, 0.1) is 23.3 Å². The molecular weight excluding hydrogens is 492 g/mol. The van der Waals surface area contributed by atoms with Crippen molar-refractivity contribution in [3.8, 4) is 11.3 Å². The lowest BCUT2D eigenvalue weighted by Crippen LogP contribution is -2.25. The molecule has 0 aliphatic carbocycles. The minimum Gasteiger partial charge on any atom is -0.321 e. The van der Waals surface area contributed by atoms with Gasteiger partial charge in [-0.05, 0) is 42.7 Å². The van der Waals surface area contributed by atoms with Crippen LogP contribution in [0.1, 0.15) is 22.5 Å². The van der Waals surface area contributed by atoms with Crippen molar-refractivity contribution in [1.29, 1.82) is 0 Å². The molecule has 184 valence electrons. The van der Waals surface area contributed by atoms with E-state index in [4.69, 9.17) is 0 Å². The second-order valence-corrected chi connectivity index (χ2v) is 10.2. The summed E-state index contributed by atoms with van der Waals surface area (Å²) in [5.74, 6) is -7.04. The lowest BCUT2D eigenvalue weighted by molar-refractivity contribution is -0.113. The van der Waals surface area contributed by atoms with E-state index >= 15 is 0 Å². The average Bonchev–Trinajstić information content (AvgIpc) is 3.10. The Morgan fingerprint density at radius 2 is 1.86 bits per heavy atom. The first-order valence-corrected chi connectivity index (χ1v) is 12.3. The van der Waals surface area contributed by atoms with E-state index < -0.39 is 50.7 Å². The van der Waals surface area contributed by atoms with Gasteiger partial charge < -0.3 is 10.6 Å². The molecule has 0 radical (unpaired) electrons. The number of hydrogen-bond donors (Lipinski definition) is 2. The number of halogens is 4. The zero-order valence-corrected chi connectivity index (χ0v) is 19.0. The summed E-state index contributed by atoms with van der Waals surface area (Å²) in [6, 6.07) is 4.50. The second kappa shape index (κ2) is 9.13. The number of sulfone groups is 1. The van der Waals surface area contributed by atoms with E-state index in [2.05, 4.69) is 15.7 Å². The number of aromatic nitrogens is 2. The Balaban J connectivity index is 1.87. The first-order chi connectivity index (χ1) is 16.4. The number of anilines is 2. The molecule has 2 amide bonds. The van der Waals surface area contributed by atoms with E-state index in [1.54, 1.807) is 0 Å². The van der Waals surface area contributed by atoms with Crippen LogP contribution in [0.5, 0.6) is 0 Å². The van der Waals surface area contributed by atoms with Crippen LogP contribution < -0.4 is 10.6 Å². The summed E-state index contributed by atoms with van der Waals surface area (Å²) in [6.07, 6.45) is 1.27. The Morgan fingerprint density at radius 1 is 1.11 bits per heavy atom. The van der Waals surface area contributed by atoms with Crippen molar-refractivity contribution in [3.05, 3.63) is 64.9 Å². The number of carbonyl (C=O) groups excluding carboxylic acids is 2. The van der Waals surface area contributed by atoms with Gasteiger partial charge in [-0.2, -0.15) is 5.10 Å². The Kier molecular flexibility index (Phi) is 6.36. The highest BCUT2D eigenvalue weighted by atomic mass is 32.2. The molecule has 0 saturated carbocycles. The van der Waals surface area contributed by atoms with Gasteiger partial charge in [0.1, 0.15) is 28.8 Å². The van der Waals surface area contributed by atoms with Gasteiger partial charge >= 0.3 is 0 Å². The molecular formula is C22H18F4N4O4S. The first kappa shape index (κ1) is 24.4. The number of benzene rings is 2. The number of hydrogen-bond acceptors (Lipinski definition) is 5. The van der Waals surface area contributed by atoms with Crippen molar-refractivity contribution < 1.29 is 35.6 Å². The number of rotatable bonds is 4. The largest absolute Gasteiger partial charge is 0.321 e. The molecule has 2 heterocycles. The van der Waals surface area contributed by atoms with Gasteiger partial charge in [0, 0.05) is 24.4 Å². The van der Waals surface area contributed by atoms with Gasteiger partial charge in [0.25, 0.3) is 5.91 Å². The lowest BCUT2D eigenvalue weighted by Gasteiger charge is -2.12. The van der Waals surface area contributed by atoms with E-state index in [0.717, 1.165) is 24.5 Å². The fourth-order valence-corrected chi connectivity index (χ4v) is 4.34. The fraction of sp³-hybridized carbons (Fsp3) is 0.227. The SMILES string of the molecule is CS(=O)(=O)CC(=O)Nc1c(-c2ccc(F)c(F)c2)nn2c1C(=O)Nc1c(F)cc(F)cc1CCC2. The van der Waals surface area contributed by atoms with Crippen molar-refractivity contribution in [2.24, 2.45) is 0 Å². The topological polar surface area (TPSA) is 110 Å². The zero-order valence-electron chi connectivity index (χ0n) is 18.2. The summed E-state index contributed by atoms with van der Waals surface area (Å²) < 4.78 is 80.0. The summed E-state index contributed by atoms with van der Waals surface area (Å²) in [5, 5.41) is 8.95. The highest BCUT2D eigenvalue weighted by molar-refractivity contribution is 7.91. The summed E-state index contributed by atoms with van der Waals surface area (Å²) in [4.78, 5) is 25.7. The Labute approximate surface area is 196 Å². The standard InChI is InChI=1S/C22H18F4N4O4S/c1-35(33,34)10-17(31)27-20-19(12-4-5-14(24)15(25)8-12)29-30-6-2-3-11-7-13(23)9-16(26)18(11)28-22(32)21(20)30/h4-5,7-9H,2-3,6,10H2,1H3,(H,27,31)(H,28,32). The summed E-state index contributed by atoms with van der Waals surface area (Å²) in [5.41, 5.74) is -0.719. The third kappa shape index (κ3) is 5.19. The van der Waals surface area contributed by atoms with Crippen LogP contribution in [0.3, 0.4) is 0 Å². The van der Waals surface area contributed by atoms with Gasteiger partial charge in [0.05, 0.1) is 5.69 Å². The van der Waals surface area contributed by atoms with Gasteiger partial charge in [-0.15, -0.1) is 0 Å². The maximum absolute atomic E-state index is 14.5. The molecule has 1 aromatic heterocycles. The number of amides is 2. The Bertz CT molecular complexity index is 1470. The predicted octanol–water partition coefficient (Wildman–Crippen LogP) is 3.29. The molecule has 0 fully saturated rings. The molecule has 0 atom stereocenters. The highest BCUT2D eigenvalue weighted by Gasteiger charge is 2.29. The summed E-state index contributed by atoms with van der Waals surface area (Å²) in [6.45, 7) is 0.0545. The van der Waals surface area contributed by atoms with Crippen LogP contribution in [0.2, 0.25) is 0 Å². The number of fused-ring (bicyclic) bond motifs is 2. The second-order valence-electron chi connectivity index (χ2n) is 8.02. The van der Waals surface area contributed by atoms with Crippen molar-refractivity contribution in [2.75, 3.05) is 22.6 Å². The molecule has 2 aromatic carbocycles. The van der Waals surface area contributed by atoms with Gasteiger partial charge in [0.15, 0.2) is 27.2 Å². The quantitative estimate of drug-likeness (QED) is 0.524. The lowest BCUT2D eigenvalue weighted by atomic mass is 10.1. The highest BCUT2D eigenvalue weighted by Crippen LogP contribution is 2.34. The van der Waals surface area contributed by atoms with Gasteiger partial charge in [-0.25, -0.2) is 26.0 Å². The van der Waals surface area contributed by atoms with Gasteiger partial charge in [0.2, 0.25) is 5.91 Å². The Hall–Kier alpha value is -3.74. The number of aryl methyl sites for hydroxylation is 2. The van der Waals surface area contributed by atoms with Gasteiger partial charge in [-0.1, -0.05) is 0 Å². The predicted molar refractivity (Wildman–Crippen MR) is 119 cm³/mol. The third-order valence-electron chi connectivity index (χ3n) is 5.21. The van der Waals surface area contributed by atoms with Crippen LogP contribution in [-0.2, 0) is 27.6 Å². The normalized spacial score (nSPS) is 13.7. The van der Waals surface area contributed by atoms with E-state index in [1.807, 2.05) is 0 Å². The Morgan fingerprint density at radius 3 is 2.54 bits per heavy atom. The molecule has 13 heteroatoms. The van der Waals surface area contributed by atoms with E-state index in [9.17, 15) is 35.6 Å². The average molecular weight is 510 g/mol. The van der Waals surface area contributed by atoms with Crippen LogP contribution in [0.4, 0.5) is 28.9 Å². The fourth-order valence-electron chi connectivity index (χ4n) is 3.79. The molecule has 0 bridgehead atoms. The van der Waals surface area contributed by atoms with Crippen molar-refractivity contribution in [2.45, 2.75) is 19.4 Å². The molecule has 8 nitrogen and oxygen atoms in total. The minimum absolute atomic E-state index is 0.00272. The van der Waals surface area contributed by atoms with Crippen LogP contribution in [0.15, 0.2) is 30.3 Å². The van der Waals surface area contributed by atoms with E-state index in [1.165, 1.54) is 10.7 Å². The van der Waals surface area contributed by atoms with Crippen molar-refractivity contribution >= 4 is 33.0 Å². The molecule has 0 unspecified atom stereocenters. The third-order valence-corrected chi connectivity index (χ3v) is 6.00. The van der Waals surface area contributed by atoms with Crippen LogP contribution in [-0.4, -0.2) is 42.0 Å². The van der Waals surface area contributed by atoms with Crippen LogP contribution in [0.25, 0.3) is 11.3 Å². The number of nitrogens with one attached hydrogen (secondary N) is 2. The maximum Gasteiger partial charge on any atom is 0.276 e. The molecule has 1 aliphatic heterocycles. The molecule has 3 aromatic rings. The number of nitrogens with zero attached hydrogens (tertiary/aromatic N) is 2. The molecule has 2 N–H and O–H groups in total. The van der Waals surface area contributed by atoms with Crippen LogP contribution >= 0.6 is 0 Å². The molecule has 1 aliphatic rings. The monoisotopic (exact) mass is 510 g/mol. The minimum atomic E-state index is -3.75. The number of carbonyl (C=O) groups is 2. The molecule has 4 rings (SSSR count). The van der Waals surface area contributed by atoms with E-state index in [0.29, 0.717) is 6.07 Å². The van der Waals surface area contributed by atoms with E-state index in [-0.39, 0.29) is 53.3 Å². The molecule has 35 heavy (non-hydrogen) atoms. The summed E-state index contributed by atoms with van der Waals surface area (Å²) in [7, 11) is -3.75. The zero-order chi connectivity index (χ0) is 25.5. The maximum atomic E-state index is 14.5. The van der Waals surface area contributed by atoms with Gasteiger partial charge in [-0.3, -0.25) is 14.3 Å². The first-order valence-electron chi connectivity index (χ1n) is 10.3.